The minimum Gasteiger partial charge on any atom is -0.462 e. The van der Waals surface area contributed by atoms with Crippen LogP contribution < -0.4 is 15.4 Å². The lowest BCUT2D eigenvalue weighted by molar-refractivity contribution is 0.0526. The lowest BCUT2D eigenvalue weighted by atomic mass is 10.1. The smallest absolute Gasteiger partial charge is 0.343 e. The zero-order valence-corrected chi connectivity index (χ0v) is 18.2. The standard InChI is InChI=1S/C20H29N5O4S/c1-3-14-30(27,28)24-13-12-22-20-23-15-17(19(26)29-4-2)18(25-20)21-11-10-16-8-6-5-7-9-16/h5-9,15,24H,3-4,10-14H2,1-2H3,(H2,21,22,23,25). The Morgan fingerprint density at radius 3 is 2.53 bits per heavy atom. The fourth-order valence-electron chi connectivity index (χ4n) is 2.65. The summed E-state index contributed by atoms with van der Waals surface area (Å²) in [6.45, 7) is 4.89. The van der Waals surface area contributed by atoms with Gasteiger partial charge in [0, 0.05) is 25.8 Å². The van der Waals surface area contributed by atoms with Crippen LogP contribution in [-0.2, 0) is 21.2 Å². The molecule has 2 rings (SSSR count). The Balaban J connectivity index is 2.00. The van der Waals surface area contributed by atoms with E-state index in [1.807, 2.05) is 37.3 Å². The third-order valence-electron chi connectivity index (χ3n) is 4.04. The van der Waals surface area contributed by atoms with E-state index in [1.54, 1.807) is 6.92 Å². The van der Waals surface area contributed by atoms with Crippen LogP contribution in [0.25, 0.3) is 0 Å². The van der Waals surface area contributed by atoms with Gasteiger partial charge in [0.1, 0.15) is 11.4 Å². The van der Waals surface area contributed by atoms with E-state index in [-0.39, 0.29) is 24.5 Å². The molecule has 0 spiro atoms. The summed E-state index contributed by atoms with van der Waals surface area (Å²) in [4.78, 5) is 20.7. The highest BCUT2D eigenvalue weighted by Gasteiger charge is 2.16. The van der Waals surface area contributed by atoms with E-state index in [9.17, 15) is 13.2 Å². The number of benzene rings is 1. The Labute approximate surface area is 177 Å². The predicted octanol–water partition coefficient (Wildman–Crippen LogP) is 2.05. The quantitative estimate of drug-likeness (QED) is 0.323. The van der Waals surface area contributed by atoms with Gasteiger partial charge in [-0.2, -0.15) is 4.98 Å². The molecule has 164 valence electrons. The highest BCUT2D eigenvalue weighted by Crippen LogP contribution is 2.15. The lowest BCUT2D eigenvalue weighted by Gasteiger charge is -2.13. The molecular formula is C20H29N5O4S. The molecule has 30 heavy (non-hydrogen) atoms. The lowest BCUT2D eigenvalue weighted by Crippen LogP contribution is -2.31. The molecule has 0 radical (unpaired) electrons. The summed E-state index contributed by atoms with van der Waals surface area (Å²) in [5.41, 5.74) is 1.41. The first kappa shape index (κ1) is 23.6. The number of carbonyl (C=O) groups excluding carboxylic acids is 1. The number of hydrogen-bond donors (Lipinski definition) is 3. The van der Waals surface area contributed by atoms with Gasteiger partial charge in [0.15, 0.2) is 0 Å². The Kier molecular flexibility index (Phi) is 9.49. The monoisotopic (exact) mass is 435 g/mol. The van der Waals surface area contributed by atoms with Gasteiger partial charge in [-0.05, 0) is 25.3 Å². The Bertz CT molecular complexity index is 907. The van der Waals surface area contributed by atoms with Crippen LogP contribution in [0.4, 0.5) is 11.8 Å². The summed E-state index contributed by atoms with van der Waals surface area (Å²) in [6, 6.07) is 9.96. The van der Waals surface area contributed by atoms with Crippen molar-refractivity contribution in [3.8, 4) is 0 Å². The van der Waals surface area contributed by atoms with E-state index < -0.39 is 16.0 Å². The second kappa shape index (κ2) is 12.1. The molecule has 1 aromatic heterocycles. The average molecular weight is 436 g/mol. The zero-order valence-electron chi connectivity index (χ0n) is 17.3. The number of rotatable bonds is 13. The first-order chi connectivity index (χ1) is 14.4. The molecule has 10 heteroatoms. The van der Waals surface area contributed by atoms with Crippen molar-refractivity contribution in [2.24, 2.45) is 0 Å². The first-order valence-corrected chi connectivity index (χ1v) is 11.6. The van der Waals surface area contributed by atoms with Crippen molar-refractivity contribution in [3.05, 3.63) is 47.7 Å². The van der Waals surface area contributed by atoms with Crippen molar-refractivity contribution >= 4 is 27.8 Å². The summed E-state index contributed by atoms with van der Waals surface area (Å²) >= 11 is 0. The molecule has 2 aromatic rings. The number of anilines is 2. The number of carbonyl (C=O) groups is 1. The van der Waals surface area contributed by atoms with Crippen LogP contribution in [0.2, 0.25) is 0 Å². The van der Waals surface area contributed by atoms with Crippen LogP contribution in [-0.4, -0.2) is 56.3 Å². The van der Waals surface area contributed by atoms with Crippen LogP contribution in [0.5, 0.6) is 0 Å². The van der Waals surface area contributed by atoms with E-state index in [2.05, 4.69) is 25.3 Å². The topological polar surface area (TPSA) is 122 Å². The van der Waals surface area contributed by atoms with Crippen LogP contribution in [0.3, 0.4) is 0 Å². The Morgan fingerprint density at radius 2 is 1.83 bits per heavy atom. The summed E-state index contributed by atoms with van der Waals surface area (Å²) < 4.78 is 30.9. The fourth-order valence-corrected chi connectivity index (χ4v) is 3.75. The Hall–Kier alpha value is -2.72. The van der Waals surface area contributed by atoms with E-state index in [0.717, 1.165) is 12.0 Å². The summed E-state index contributed by atoms with van der Waals surface area (Å²) in [7, 11) is -3.26. The van der Waals surface area contributed by atoms with E-state index >= 15 is 0 Å². The molecule has 0 aliphatic heterocycles. The van der Waals surface area contributed by atoms with Crippen molar-refractivity contribution in [1.29, 1.82) is 0 Å². The highest BCUT2D eigenvalue weighted by atomic mass is 32.2. The number of sulfonamides is 1. The number of ether oxygens (including phenoxy) is 1. The molecule has 0 saturated heterocycles. The number of hydrogen-bond acceptors (Lipinski definition) is 8. The molecule has 0 aliphatic carbocycles. The van der Waals surface area contributed by atoms with Crippen molar-refractivity contribution < 1.29 is 17.9 Å². The molecule has 0 unspecified atom stereocenters. The molecule has 0 atom stereocenters. The maximum Gasteiger partial charge on any atom is 0.343 e. The minimum absolute atomic E-state index is 0.0905. The predicted molar refractivity (Wildman–Crippen MR) is 117 cm³/mol. The van der Waals surface area contributed by atoms with Gasteiger partial charge < -0.3 is 15.4 Å². The molecule has 0 bridgehead atoms. The summed E-state index contributed by atoms with van der Waals surface area (Å²) in [5, 5.41) is 6.13. The third kappa shape index (κ3) is 7.96. The normalized spacial score (nSPS) is 11.1. The molecule has 0 amide bonds. The van der Waals surface area contributed by atoms with Gasteiger partial charge in [-0.1, -0.05) is 37.3 Å². The molecule has 3 N–H and O–H groups in total. The summed E-state index contributed by atoms with van der Waals surface area (Å²) in [5.74, 6) is 0.250. The van der Waals surface area contributed by atoms with E-state index in [4.69, 9.17) is 4.74 Å². The second-order valence-corrected chi connectivity index (χ2v) is 8.41. The van der Waals surface area contributed by atoms with Crippen LogP contribution in [0.1, 0.15) is 36.2 Å². The van der Waals surface area contributed by atoms with Gasteiger partial charge in [0.2, 0.25) is 16.0 Å². The average Bonchev–Trinajstić information content (AvgIpc) is 2.72. The van der Waals surface area contributed by atoms with Crippen molar-refractivity contribution in [3.63, 3.8) is 0 Å². The van der Waals surface area contributed by atoms with Gasteiger partial charge in [0.05, 0.1) is 12.4 Å². The first-order valence-electron chi connectivity index (χ1n) is 9.98. The van der Waals surface area contributed by atoms with Crippen molar-refractivity contribution in [1.82, 2.24) is 14.7 Å². The molecule has 1 heterocycles. The molecular weight excluding hydrogens is 406 g/mol. The largest absolute Gasteiger partial charge is 0.462 e. The Morgan fingerprint density at radius 1 is 1.07 bits per heavy atom. The van der Waals surface area contributed by atoms with Gasteiger partial charge in [-0.3, -0.25) is 0 Å². The number of aromatic nitrogens is 2. The minimum atomic E-state index is -3.26. The van der Waals surface area contributed by atoms with Crippen LogP contribution in [0.15, 0.2) is 36.5 Å². The molecule has 1 aromatic carbocycles. The number of nitrogens with one attached hydrogen (secondary N) is 3. The highest BCUT2D eigenvalue weighted by molar-refractivity contribution is 7.89. The zero-order chi connectivity index (χ0) is 21.8. The van der Waals surface area contributed by atoms with Gasteiger partial charge in [-0.25, -0.2) is 22.9 Å². The van der Waals surface area contributed by atoms with Crippen LogP contribution >= 0.6 is 0 Å². The summed E-state index contributed by atoms with van der Waals surface area (Å²) in [6.07, 6.45) is 2.72. The number of nitrogens with zero attached hydrogens (tertiary/aromatic N) is 2. The van der Waals surface area contributed by atoms with Gasteiger partial charge in [0.25, 0.3) is 0 Å². The maximum absolute atomic E-state index is 12.2. The SMILES string of the molecule is CCCS(=O)(=O)NCCNc1ncc(C(=O)OCC)c(NCCc2ccccc2)n1. The van der Waals surface area contributed by atoms with Crippen molar-refractivity contribution in [2.75, 3.05) is 42.6 Å². The third-order valence-corrected chi connectivity index (χ3v) is 5.63. The number of esters is 1. The van der Waals surface area contributed by atoms with Crippen molar-refractivity contribution in [2.45, 2.75) is 26.7 Å². The molecule has 0 fully saturated rings. The second-order valence-electron chi connectivity index (χ2n) is 6.48. The van der Waals surface area contributed by atoms with E-state index in [1.165, 1.54) is 6.20 Å². The van der Waals surface area contributed by atoms with Gasteiger partial charge in [-0.15, -0.1) is 0 Å². The molecule has 9 nitrogen and oxygen atoms in total. The maximum atomic E-state index is 12.2. The molecule has 0 saturated carbocycles. The fraction of sp³-hybridized carbons (Fsp3) is 0.450. The van der Waals surface area contributed by atoms with E-state index in [0.29, 0.717) is 31.3 Å². The van der Waals surface area contributed by atoms with Crippen LogP contribution in [0, 0.1) is 0 Å². The molecule has 0 aliphatic rings. The van der Waals surface area contributed by atoms with Gasteiger partial charge >= 0.3 is 5.97 Å².